The summed E-state index contributed by atoms with van der Waals surface area (Å²) in [5.74, 6) is -1.71. The lowest BCUT2D eigenvalue weighted by molar-refractivity contribution is -0.138. The fraction of sp³-hybridized carbons (Fsp3) is 0.471. The standard InChI is InChI=1S/C17H24N2O5/c1-17(2,3)24-16(23)19-13(15(22)18-11-14(20)21)10-9-12-7-5-4-6-8-12/h4-8,13H,9-11H2,1-3H3,(H,18,22)(H,19,23)(H,20,21). The molecule has 0 radical (unpaired) electrons. The average molecular weight is 336 g/mol. The quantitative estimate of drug-likeness (QED) is 0.703. The smallest absolute Gasteiger partial charge is 0.408 e. The molecule has 0 saturated heterocycles. The van der Waals surface area contributed by atoms with E-state index in [4.69, 9.17) is 9.84 Å². The number of alkyl carbamates (subject to hydrolysis) is 1. The van der Waals surface area contributed by atoms with Crippen molar-refractivity contribution in [1.82, 2.24) is 10.6 Å². The van der Waals surface area contributed by atoms with Gasteiger partial charge in [0.1, 0.15) is 18.2 Å². The van der Waals surface area contributed by atoms with Crippen molar-refractivity contribution in [2.24, 2.45) is 0 Å². The van der Waals surface area contributed by atoms with E-state index in [9.17, 15) is 14.4 Å². The molecule has 0 fully saturated rings. The van der Waals surface area contributed by atoms with E-state index in [0.717, 1.165) is 5.56 Å². The Hall–Kier alpha value is -2.57. The normalized spacial score (nSPS) is 12.1. The average Bonchev–Trinajstić information content (AvgIpc) is 2.48. The number of amides is 2. The molecular formula is C17H24N2O5. The summed E-state index contributed by atoms with van der Waals surface area (Å²) in [5, 5.41) is 13.4. The number of ether oxygens (including phenoxy) is 1. The van der Waals surface area contributed by atoms with Gasteiger partial charge in [-0.15, -0.1) is 0 Å². The van der Waals surface area contributed by atoms with E-state index in [1.807, 2.05) is 30.3 Å². The fourth-order valence-corrected chi connectivity index (χ4v) is 1.96. The molecule has 1 rings (SSSR count). The summed E-state index contributed by atoms with van der Waals surface area (Å²) >= 11 is 0. The van der Waals surface area contributed by atoms with Gasteiger partial charge >= 0.3 is 12.1 Å². The molecule has 0 aliphatic rings. The maximum atomic E-state index is 12.1. The zero-order chi connectivity index (χ0) is 18.2. The minimum Gasteiger partial charge on any atom is -0.480 e. The van der Waals surface area contributed by atoms with Crippen LogP contribution < -0.4 is 10.6 Å². The van der Waals surface area contributed by atoms with Crippen molar-refractivity contribution >= 4 is 18.0 Å². The molecule has 0 spiro atoms. The van der Waals surface area contributed by atoms with Crippen LogP contribution >= 0.6 is 0 Å². The molecule has 2 amide bonds. The molecule has 7 heteroatoms. The predicted octanol–water partition coefficient (Wildman–Crippen LogP) is 1.71. The Morgan fingerprint density at radius 1 is 1.17 bits per heavy atom. The summed E-state index contributed by atoms with van der Waals surface area (Å²) in [4.78, 5) is 34.6. The van der Waals surface area contributed by atoms with Gasteiger partial charge in [0.25, 0.3) is 0 Å². The van der Waals surface area contributed by atoms with Crippen LogP contribution in [-0.4, -0.2) is 41.3 Å². The Bertz CT molecular complexity index is 566. The van der Waals surface area contributed by atoms with Crippen LogP contribution in [0, 0.1) is 0 Å². The highest BCUT2D eigenvalue weighted by Crippen LogP contribution is 2.09. The van der Waals surface area contributed by atoms with Crippen LogP contribution in [0.15, 0.2) is 30.3 Å². The molecule has 0 aliphatic carbocycles. The third-order valence-corrected chi connectivity index (χ3v) is 2.99. The summed E-state index contributed by atoms with van der Waals surface area (Å²) in [6, 6.07) is 8.62. The van der Waals surface area contributed by atoms with Crippen molar-refractivity contribution in [3.63, 3.8) is 0 Å². The number of benzene rings is 1. The zero-order valence-corrected chi connectivity index (χ0v) is 14.2. The maximum absolute atomic E-state index is 12.1. The van der Waals surface area contributed by atoms with Crippen LogP contribution in [-0.2, 0) is 20.7 Å². The summed E-state index contributed by atoms with van der Waals surface area (Å²) in [5.41, 5.74) is 0.325. The number of carbonyl (C=O) groups excluding carboxylic acids is 2. The van der Waals surface area contributed by atoms with Gasteiger partial charge in [-0.1, -0.05) is 30.3 Å². The molecule has 1 atom stereocenters. The Labute approximate surface area is 141 Å². The third-order valence-electron chi connectivity index (χ3n) is 2.99. The van der Waals surface area contributed by atoms with Gasteiger partial charge < -0.3 is 20.5 Å². The van der Waals surface area contributed by atoms with Crippen molar-refractivity contribution in [2.75, 3.05) is 6.54 Å². The zero-order valence-electron chi connectivity index (χ0n) is 14.2. The van der Waals surface area contributed by atoms with Gasteiger partial charge in [0, 0.05) is 0 Å². The number of carboxylic acid groups (broad SMARTS) is 1. The lowest BCUT2D eigenvalue weighted by Crippen LogP contribution is -2.49. The number of carbonyl (C=O) groups is 3. The first kappa shape index (κ1) is 19.5. The van der Waals surface area contributed by atoms with Gasteiger partial charge in [-0.3, -0.25) is 9.59 Å². The largest absolute Gasteiger partial charge is 0.480 e. The monoisotopic (exact) mass is 336 g/mol. The molecule has 0 saturated carbocycles. The Morgan fingerprint density at radius 3 is 2.33 bits per heavy atom. The highest BCUT2D eigenvalue weighted by Gasteiger charge is 2.24. The van der Waals surface area contributed by atoms with Crippen molar-refractivity contribution in [1.29, 1.82) is 0 Å². The molecule has 1 aromatic rings. The van der Waals surface area contributed by atoms with Gasteiger partial charge in [-0.25, -0.2) is 4.79 Å². The van der Waals surface area contributed by atoms with Crippen LogP contribution in [0.1, 0.15) is 32.8 Å². The molecule has 0 aromatic heterocycles. The summed E-state index contributed by atoms with van der Waals surface area (Å²) in [6.45, 7) is 4.65. The first-order chi connectivity index (χ1) is 11.2. The lowest BCUT2D eigenvalue weighted by atomic mass is 10.0. The van der Waals surface area contributed by atoms with Gasteiger partial charge in [0.2, 0.25) is 5.91 Å². The first-order valence-electron chi connectivity index (χ1n) is 7.70. The Balaban J connectivity index is 2.69. The van der Waals surface area contributed by atoms with Gasteiger partial charge in [0.05, 0.1) is 0 Å². The molecular weight excluding hydrogens is 312 g/mol. The Kier molecular flexibility index (Phi) is 7.23. The predicted molar refractivity (Wildman–Crippen MR) is 88.6 cm³/mol. The molecule has 1 unspecified atom stereocenters. The molecule has 3 N–H and O–H groups in total. The number of carboxylic acids is 1. The SMILES string of the molecule is CC(C)(C)OC(=O)NC(CCc1ccccc1)C(=O)NCC(=O)O. The fourth-order valence-electron chi connectivity index (χ4n) is 1.96. The number of rotatable bonds is 7. The molecule has 132 valence electrons. The summed E-state index contributed by atoms with van der Waals surface area (Å²) < 4.78 is 5.15. The van der Waals surface area contributed by atoms with Crippen molar-refractivity contribution in [2.45, 2.75) is 45.3 Å². The minimum absolute atomic E-state index is 0.328. The molecule has 24 heavy (non-hydrogen) atoms. The van der Waals surface area contributed by atoms with E-state index >= 15 is 0 Å². The Morgan fingerprint density at radius 2 is 1.79 bits per heavy atom. The van der Waals surface area contributed by atoms with E-state index in [1.165, 1.54) is 0 Å². The van der Waals surface area contributed by atoms with Crippen molar-refractivity contribution in [3.8, 4) is 0 Å². The van der Waals surface area contributed by atoms with Gasteiger partial charge in [-0.2, -0.15) is 0 Å². The molecule has 0 bridgehead atoms. The summed E-state index contributed by atoms with van der Waals surface area (Å²) in [7, 11) is 0. The van der Waals surface area contributed by atoms with Crippen LogP contribution in [0.5, 0.6) is 0 Å². The van der Waals surface area contributed by atoms with Crippen molar-refractivity contribution < 1.29 is 24.2 Å². The van der Waals surface area contributed by atoms with E-state index in [-0.39, 0.29) is 0 Å². The van der Waals surface area contributed by atoms with Crippen molar-refractivity contribution in [3.05, 3.63) is 35.9 Å². The molecule has 0 heterocycles. The number of aryl methyl sites for hydroxylation is 1. The van der Waals surface area contributed by atoms with E-state index in [1.54, 1.807) is 20.8 Å². The highest BCUT2D eigenvalue weighted by atomic mass is 16.6. The second-order valence-corrected chi connectivity index (χ2v) is 6.33. The molecule has 7 nitrogen and oxygen atoms in total. The third kappa shape index (κ3) is 8.17. The molecule has 1 aromatic carbocycles. The first-order valence-corrected chi connectivity index (χ1v) is 7.70. The second-order valence-electron chi connectivity index (χ2n) is 6.33. The number of aliphatic carboxylic acids is 1. The van der Waals surface area contributed by atoms with Gasteiger partial charge in [-0.05, 0) is 39.2 Å². The lowest BCUT2D eigenvalue weighted by Gasteiger charge is -2.23. The maximum Gasteiger partial charge on any atom is 0.408 e. The van der Waals surface area contributed by atoms with E-state index in [0.29, 0.717) is 12.8 Å². The van der Waals surface area contributed by atoms with Crippen LogP contribution in [0.3, 0.4) is 0 Å². The molecule has 0 aliphatic heterocycles. The van der Waals surface area contributed by atoms with E-state index < -0.39 is 36.2 Å². The topological polar surface area (TPSA) is 105 Å². The number of hydrogen-bond acceptors (Lipinski definition) is 4. The van der Waals surface area contributed by atoms with Crippen LogP contribution in [0.4, 0.5) is 4.79 Å². The number of nitrogens with one attached hydrogen (secondary N) is 2. The van der Waals surface area contributed by atoms with Crippen LogP contribution in [0.25, 0.3) is 0 Å². The minimum atomic E-state index is -1.15. The second kappa shape index (κ2) is 8.90. The van der Waals surface area contributed by atoms with Crippen LogP contribution in [0.2, 0.25) is 0 Å². The van der Waals surface area contributed by atoms with Gasteiger partial charge in [0.15, 0.2) is 0 Å². The van der Waals surface area contributed by atoms with E-state index in [2.05, 4.69) is 10.6 Å². The highest BCUT2D eigenvalue weighted by molar-refractivity contribution is 5.88. The number of hydrogen-bond donors (Lipinski definition) is 3. The summed E-state index contributed by atoms with van der Waals surface area (Å²) in [6.07, 6.45) is 0.169.